The van der Waals surface area contributed by atoms with Crippen molar-refractivity contribution in [3.8, 4) is 0 Å². The first-order chi connectivity index (χ1) is 12.2. The molecule has 1 aromatic carbocycles. The summed E-state index contributed by atoms with van der Waals surface area (Å²) in [6.45, 7) is 5.64. The summed E-state index contributed by atoms with van der Waals surface area (Å²) in [5.41, 5.74) is 0.964. The third-order valence-electron chi connectivity index (χ3n) is 5.18. The first-order valence-corrected chi connectivity index (χ1v) is 9.81. The van der Waals surface area contributed by atoms with Gasteiger partial charge in [-0.05, 0) is 51.2 Å². The van der Waals surface area contributed by atoms with Gasteiger partial charge in [0.15, 0.2) is 0 Å². The number of nitrogens with one attached hydrogen (secondary N) is 1. The van der Waals surface area contributed by atoms with Gasteiger partial charge in [0, 0.05) is 30.6 Å². The smallest absolute Gasteiger partial charge is 0.230 e. The van der Waals surface area contributed by atoms with Gasteiger partial charge in [-0.25, -0.2) is 0 Å². The second-order valence-electron chi connectivity index (χ2n) is 6.96. The number of benzene rings is 1. The van der Waals surface area contributed by atoms with Crippen molar-refractivity contribution in [2.75, 3.05) is 18.0 Å². The molecule has 1 N–H and O–H groups in total. The molecule has 2 amide bonds. The maximum absolute atomic E-state index is 12.9. The van der Waals surface area contributed by atoms with Crippen LogP contribution in [-0.4, -0.2) is 24.9 Å². The Morgan fingerprint density at radius 2 is 1.64 bits per heavy atom. The van der Waals surface area contributed by atoms with Crippen LogP contribution in [0.4, 0.5) is 5.69 Å². The molecule has 4 heteroatoms. The number of unbranched alkanes of at least 4 members (excludes halogenated alkanes) is 2. The van der Waals surface area contributed by atoms with Crippen molar-refractivity contribution >= 4 is 17.5 Å². The van der Waals surface area contributed by atoms with E-state index >= 15 is 0 Å². The van der Waals surface area contributed by atoms with Gasteiger partial charge in [0.2, 0.25) is 11.8 Å². The molecule has 25 heavy (non-hydrogen) atoms. The molecule has 0 aliphatic heterocycles. The van der Waals surface area contributed by atoms with Crippen LogP contribution in [0, 0.1) is 11.8 Å². The molecular formula is C21H32N2O2. The normalized spacial score (nSPS) is 20.1. The molecule has 1 aromatic rings. The Bertz CT molecular complexity index is 536. The minimum Gasteiger partial charge on any atom is -0.356 e. The summed E-state index contributed by atoms with van der Waals surface area (Å²) >= 11 is 0. The minimum atomic E-state index is 0.0456. The Hall–Kier alpha value is -1.84. The zero-order valence-electron chi connectivity index (χ0n) is 15.7. The summed E-state index contributed by atoms with van der Waals surface area (Å²) in [6, 6.07) is 9.86. The molecule has 0 heterocycles. The van der Waals surface area contributed by atoms with Gasteiger partial charge in [0.1, 0.15) is 0 Å². The molecule has 0 spiro atoms. The quantitative estimate of drug-likeness (QED) is 0.720. The number of carbonyl (C=O) groups is 2. The molecule has 138 valence electrons. The molecule has 1 aliphatic carbocycles. The van der Waals surface area contributed by atoms with Gasteiger partial charge >= 0.3 is 0 Å². The number of amides is 2. The van der Waals surface area contributed by atoms with E-state index in [1.807, 2.05) is 42.2 Å². The van der Waals surface area contributed by atoms with Crippen LogP contribution >= 0.6 is 0 Å². The lowest BCUT2D eigenvalue weighted by molar-refractivity contribution is -0.129. The fourth-order valence-corrected chi connectivity index (χ4v) is 3.63. The van der Waals surface area contributed by atoms with E-state index in [1.54, 1.807) is 0 Å². The molecule has 0 unspecified atom stereocenters. The highest BCUT2D eigenvalue weighted by Gasteiger charge is 2.32. The van der Waals surface area contributed by atoms with E-state index in [-0.39, 0.29) is 23.7 Å². The number of carbonyl (C=O) groups excluding carboxylic acids is 2. The van der Waals surface area contributed by atoms with E-state index in [1.165, 1.54) is 6.42 Å². The highest BCUT2D eigenvalue weighted by molar-refractivity contribution is 5.95. The van der Waals surface area contributed by atoms with Gasteiger partial charge in [-0.1, -0.05) is 38.0 Å². The van der Waals surface area contributed by atoms with Crippen LogP contribution in [0.15, 0.2) is 30.3 Å². The summed E-state index contributed by atoms with van der Waals surface area (Å²) < 4.78 is 0. The van der Waals surface area contributed by atoms with Crippen molar-refractivity contribution < 1.29 is 9.59 Å². The SMILES string of the molecule is CCCCCNC(=O)C1CCC(C(=O)N(CC)c2ccccc2)CC1. The van der Waals surface area contributed by atoms with Crippen LogP contribution in [0.25, 0.3) is 0 Å². The molecule has 4 nitrogen and oxygen atoms in total. The Morgan fingerprint density at radius 3 is 2.24 bits per heavy atom. The Morgan fingerprint density at radius 1 is 1.00 bits per heavy atom. The van der Waals surface area contributed by atoms with Crippen LogP contribution in [-0.2, 0) is 9.59 Å². The van der Waals surface area contributed by atoms with Gasteiger partial charge in [-0.15, -0.1) is 0 Å². The monoisotopic (exact) mass is 344 g/mol. The average molecular weight is 344 g/mol. The first-order valence-electron chi connectivity index (χ1n) is 9.81. The minimum absolute atomic E-state index is 0.0456. The fourth-order valence-electron chi connectivity index (χ4n) is 3.63. The Labute approximate surface area is 152 Å². The van der Waals surface area contributed by atoms with E-state index < -0.39 is 0 Å². The van der Waals surface area contributed by atoms with E-state index in [2.05, 4.69) is 12.2 Å². The van der Waals surface area contributed by atoms with Crippen LogP contribution in [0.1, 0.15) is 58.8 Å². The van der Waals surface area contributed by atoms with Crippen LogP contribution < -0.4 is 10.2 Å². The third kappa shape index (κ3) is 5.58. The molecule has 0 radical (unpaired) electrons. The number of para-hydroxylation sites is 1. The van der Waals surface area contributed by atoms with Crippen molar-refractivity contribution in [2.45, 2.75) is 58.8 Å². The first kappa shape index (κ1) is 19.5. The lowest BCUT2D eigenvalue weighted by Gasteiger charge is -2.31. The lowest BCUT2D eigenvalue weighted by atomic mass is 9.80. The number of rotatable bonds is 8. The number of hydrogen-bond donors (Lipinski definition) is 1. The molecule has 0 aromatic heterocycles. The number of hydrogen-bond acceptors (Lipinski definition) is 2. The second kappa shape index (κ2) is 10.2. The summed E-state index contributed by atoms with van der Waals surface area (Å²) in [5.74, 6) is 0.509. The second-order valence-corrected chi connectivity index (χ2v) is 6.96. The molecule has 0 saturated heterocycles. The van der Waals surface area contributed by atoms with Gasteiger partial charge in [-0.2, -0.15) is 0 Å². The lowest BCUT2D eigenvalue weighted by Crippen LogP contribution is -2.40. The molecule has 1 fully saturated rings. The van der Waals surface area contributed by atoms with Crippen molar-refractivity contribution in [2.24, 2.45) is 11.8 Å². The zero-order chi connectivity index (χ0) is 18.1. The maximum Gasteiger partial charge on any atom is 0.230 e. The molecule has 1 saturated carbocycles. The molecular weight excluding hydrogens is 312 g/mol. The van der Waals surface area contributed by atoms with Crippen molar-refractivity contribution in [1.29, 1.82) is 0 Å². The third-order valence-corrected chi connectivity index (χ3v) is 5.18. The number of anilines is 1. The van der Waals surface area contributed by atoms with Gasteiger partial charge < -0.3 is 10.2 Å². The summed E-state index contributed by atoms with van der Waals surface area (Å²) in [4.78, 5) is 27.0. The maximum atomic E-state index is 12.9. The van der Waals surface area contributed by atoms with Gasteiger partial charge in [0.25, 0.3) is 0 Å². The fraction of sp³-hybridized carbons (Fsp3) is 0.619. The molecule has 2 rings (SSSR count). The standard InChI is InChI=1S/C21H32N2O2/c1-3-5-9-16-22-20(24)17-12-14-18(15-13-17)21(25)23(4-2)19-10-7-6-8-11-19/h6-8,10-11,17-18H,3-5,9,12-16H2,1-2H3,(H,22,24). The zero-order valence-corrected chi connectivity index (χ0v) is 15.7. The Kier molecular flexibility index (Phi) is 7.96. The molecule has 0 atom stereocenters. The van der Waals surface area contributed by atoms with Crippen molar-refractivity contribution in [3.05, 3.63) is 30.3 Å². The summed E-state index contributed by atoms with van der Waals surface area (Å²) in [6.07, 6.45) is 6.65. The van der Waals surface area contributed by atoms with E-state index in [4.69, 9.17) is 0 Å². The topological polar surface area (TPSA) is 49.4 Å². The van der Waals surface area contributed by atoms with E-state index in [0.717, 1.165) is 50.8 Å². The summed E-state index contributed by atoms with van der Waals surface area (Å²) in [5, 5.41) is 3.06. The predicted molar refractivity (Wildman–Crippen MR) is 102 cm³/mol. The average Bonchev–Trinajstić information content (AvgIpc) is 2.66. The summed E-state index contributed by atoms with van der Waals surface area (Å²) in [7, 11) is 0. The van der Waals surface area contributed by atoms with Gasteiger partial charge in [-0.3, -0.25) is 9.59 Å². The Balaban J connectivity index is 1.82. The number of nitrogens with zero attached hydrogens (tertiary/aromatic N) is 1. The molecule has 0 bridgehead atoms. The van der Waals surface area contributed by atoms with E-state index in [0.29, 0.717) is 6.54 Å². The predicted octanol–water partition coefficient (Wildman–Crippen LogP) is 4.15. The largest absolute Gasteiger partial charge is 0.356 e. The molecule has 1 aliphatic rings. The van der Waals surface area contributed by atoms with Gasteiger partial charge in [0.05, 0.1) is 0 Å². The van der Waals surface area contributed by atoms with Crippen molar-refractivity contribution in [3.63, 3.8) is 0 Å². The highest BCUT2D eigenvalue weighted by Crippen LogP contribution is 2.31. The van der Waals surface area contributed by atoms with Crippen LogP contribution in [0.3, 0.4) is 0 Å². The van der Waals surface area contributed by atoms with Crippen LogP contribution in [0.5, 0.6) is 0 Å². The van der Waals surface area contributed by atoms with E-state index in [9.17, 15) is 9.59 Å². The highest BCUT2D eigenvalue weighted by atomic mass is 16.2. The van der Waals surface area contributed by atoms with Crippen molar-refractivity contribution in [1.82, 2.24) is 5.32 Å². The van der Waals surface area contributed by atoms with Crippen LogP contribution in [0.2, 0.25) is 0 Å².